The van der Waals surface area contributed by atoms with Gasteiger partial charge in [-0.3, -0.25) is 0 Å². The Kier molecular flexibility index (Phi) is 2.30. The molecule has 1 aromatic heterocycles. The van der Waals surface area contributed by atoms with Crippen LogP contribution in [-0.2, 0) is 10.0 Å². The van der Waals surface area contributed by atoms with E-state index >= 15 is 0 Å². The molecule has 12 heavy (non-hydrogen) atoms. The zero-order valence-electron chi connectivity index (χ0n) is 6.39. The number of sulfonamides is 1. The molecule has 1 aromatic rings. The molecular weight excluding hydrogens is 180 g/mol. The molecule has 2 N–H and O–H groups in total. The number of primary sulfonamides is 1. The van der Waals surface area contributed by atoms with Crippen molar-refractivity contribution in [3.63, 3.8) is 0 Å². The molecule has 0 spiro atoms. The maximum absolute atomic E-state index is 10.8. The van der Waals surface area contributed by atoms with Crippen molar-refractivity contribution in [2.24, 2.45) is 5.14 Å². The highest BCUT2D eigenvalue weighted by Gasteiger charge is 2.09. The minimum atomic E-state index is -3.73. The molecule has 0 amide bonds. The Morgan fingerprint density at radius 3 is 2.75 bits per heavy atom. The van der Waals surface area contributed by atoms with Gasteiger partial charge in [-0.15, -0.1) is 0 Å². The molecular formula is C6H8N2O3S. The number of nitrogens with zero attached hydrogens (tertiary/aromatic N) is 1. The van der Waals surface area contributed by atoms with Gasteiger partial charge in [-0.25, -0.2) is 18.5 Å². The van der Waals surface area contributed by atoms with Crippen molar-refractivity contribution in [2.75, 3.05) is 7.11 Å². The molecule has 0 fully saturated rings. The molecule has 0 radical (unpaired) electrons. The first-order valence-electron chi connectivity index (χ1n) is 3.07. The molecule has 0 bridgehead atoms. The Hall–Kier alpha value is -1.14. The van der Waals surface area contributed by atoms with Gasteiger partial charge in [-0.05, 0) is 6.07 Å². The summed E-state index contributed by atoms with van der Waals surface area (Å²) in [6, 6.07) is 2.80. The average molecular weight is 188 g/mol. The minimum absolute atomic E-state index is 0.193. The Balaban J connectivity index is 3.20. The van der Waals surface area contributed by atoms with Crippen LogP contribution in [0.1, 0.15) is 0 Å². The Morgan fingerprint density at radius 1 is 1.58 bits per heavy atom. The van der Waals surface area contributed by atoms with E-state index in [2.05, 4.69) is 4.98 Å². The number of nitrogens with two attached hydrogens (primary N) is 1. The number of hydrogen-bond acceptors (Lipinski definition) is 4. The predicted octanol–water partition coefficient (Wildman–Crippen LogP) is -0.262. The van der Waals surface area contributed by atoms with Gasteiger partial charge in [0.2, 0.25) is 0 Å². The lowest BCUT2D eigenvalue weighted by molar-refractivity contribution is 0.412. The highest BCUT2D eigenvalue weighted by atomic mass is 32.2. The number of rotatable bonds is 2. The number of pyridine rings is 1. The molecule has 6 heteroatoms. The Morgan fingerprint density at radius 2 is 2.25 bits per heavy atom. The molecule has 1 rings (SSSR count). The van der Waals surface area contributed by atoms with Crippen LogP contribution in [0.2, 0.25) is 0 Å². The van der Waals surface area contributed by atoms with Gasteiger partial charge in [0.1, 0.15) is 5.75 Å². The van der Waals surface area contributed by atoms with Gasteiger partial charge < -0.3 is 4.74 Å². The molecule has 0 unspecified atom stereocenters. The summed E-state index contributed by atoms with van der Waals surface area (Å²) < 4.78 is 26.3. The van der Waals surface area contributed by atoms with E-state index in [0.29, 0.717) is 5.75 Å². The van der Waals surface area contributed by atoms with Crippen molar-refractivity contribution in [3.8, 4) is 5.75 Å². The largest absolute Gasteiger partial charge is 0.497 e. The van der Waals surface area contributed by atoms with Crippen LogP contribution in [0.15, 0.2) is 23.4 Å². The first-order valence-corrected chi connectivity index (χ1v) is 4.61. The van der Waals surface area contributed by atoms with Crippen LogP contribution in [0.25, 0.3) is 0 Å². The van der Waals surface area contributed by atoms with Crippen molar-refractivity contribution in [2.45, 2.75) is 5.03 Å². The van der Waals surface area contributed by atoms with Crippen molar-refractivity contribution in [3.05, 3.63) is 18.3 Å². The Bertz CT molecular complexity index is 374. The minimum Gasteiger partial charge on any atom is -0.497 e. The maximum atomic E-state index is 10.8. The third-order valence-electron chi connectivity index (χ3n) is 1.23. The first kappa shape index (κ1) is 8.95. The van der Waals surface area contributed by atoms with Crippen LogP contribution < -0.4 is 9.88 Å². The summed E-state index contributed by atoms with van der Waals surface area (Å²) in [5.41, 5.74) is 0. The summed E-state index contributed by atoms with van der Waals surface area (Å²) in [6.07, 6.45) is 1.32. The zero-order chi connectivity index (χ0) is 9.19. The fraction of sp³-hybridized carbons (Fsp3) is 0.167. The van der Waals surface area contributed by atoms with Gasteiger partial charge in [0.05, 0.1) is 7.11 Å². The number of hydrogen-bond donors (Lipinski definition) is 1. The van der Waals surface area contributed by atoms with Crippen molar-refractivity contribution < 1.29 is 13.2 Å². The fourth-order valence-corrected chi connectivity index (χ4v) is 1.16. The standard InChI is InChI=1S/C6H8N2O3S/c1-11-5-2-3-8-6(4-5)12(7,9)10/h2-4H,1H3,(H2,7,9,10). The number of aromatic nitrogens is 1. The van der Waals surface area contributed by atoms with Crippen LogP contribution >= 0.6 is 0 Å². The summed E-state index contributed by atoms with van der Waals surface area (Å²) >= 11 is 0. The number of ether oxygens (including phenoxy) is 1. The Labute approximate surface area is 70.2 Å². The topological polar surface area (TPSA) is 82.3 Å². The summed E-state index contributed by atoms with van der Waals surface area (Å²) in [5, 5.41) is 4.64. The van der Waals surface area contributed by atoms with E-state index in [0.717, 1.165) is 0 Å². The maximum Gasteiger partial charge on any atom is 0.255 e. The van der Waals surface area contributed by atoms with Crippen LogP contribution in [0.4, 0.5) is 0 Å². The van der Waals surface area contributed by atoms with Crippen molar-refractivity contribution in [1.82, 2.24) is 4.98 Å². The molecule has 0 saturated heterocycles. The van der Waals surface area contributed by atoms with Crippen LogP contribution in [0.3, 0.4) is 0 Å². The first-order chi connectivity index (χ1) is 5.54. The normalized spacial score (nSPS) is 11.2. The molecule has 0 aliphatic rings. The lowest BCUT2D eigenvalue weighted by Gasteiger charge is -2.00. The molecule has 0 aromatic carbocycles. The lowest BCUT2D eigenvalue weighted by atomic mass is 10.5. The quantitative estimate of drug-likeness (QED) is 0.693. The van der Waals surface area contributed by atoms with Crippen LogP contribution in [-0.4, -0.2) is 20.5 Å². The van der Waals surface area contributed by atoms with Gasteiger partial charge in [-0.1, -0.05) is 0 Å². The monoisotopic (exact) mass is 188 g/mol. The van der Waals surface area contributed by atoms with Gasteiger partial charge in [0, 0.05) is 12.3 Å². The van der Waals surface area contributed by atoms with Gasteiger partial charge in [0.15, 0.2) is 5.03 Å². The molecule has 0 aliphatic carbocycles. The van der Waals surface area contributed by atoms with E-state index in [9.17, 15) is 8.42 Å². The SMILES string of the molecule is COc1ccnc(S(N)(=O)=O)c1. The van der Waals surface area contributed by atoms with E-state index in [1.54, 1.807) is 0 Å². The van der Waals surface area contributed by atoms with E-state index in [1.165, 1.54) is 25.4 Å². The van der Waals surface area contributed by atoms with Gasteiger partial charge in [0.25, 0.3) is 10.0 Å². The molecule has 1 heterocycles. The van der Waals surface area contributed by atoms with Crippen LogP contribution in [0, 0.1) is 0 Å². The molecule has 0 saturated carbocycles. The highest BCUT2D eigenvalue weighted by molar-refractivity contribution is 7.89. The summed E-state index contributed by atoms with van der Waals surface area (Å²) in [4.78, 5) is 3.57. The highest BCUT2D eigenvalue weighted by Crippen LogP contribution is 2.12. The van der Waals surface area contributed by atoms with E-state index in [4.69, 9.17) is 9.88 Å². The summed E-state index contributed by atoms with van der Waals surface area (Å²) in [6.45, 7) is 0. The second kappa shape index (κ2) is 3.08. The molecule has 5 nitrogen and oxygen atoms in total. The smallest absolute Gasteiger partial charge is 0.255 e. The zero-order valence-corrected chi connectivity index (χ0v) is 7.21. The van der Waals surface area contributed by atoms with Gasteiger partial charge in [-0.2, -0.15) is 0 Å². The van der Waals surface area contributed by atoms with Crippen molar-refractivity contribution in [1.29, 1.82) is 0 Å². The number of methoxy groups -OCH3 is 1. The van der Waals surface area contributed by atoms with Gasteiger partial charge >= 0.3 is 0 Å². The second-order valence-electron chi connectivity index (χ2n) is 2.08. The average Bonchev–Trinajstić information content (AvgIpc) is 2.03. The van der Waals surface area contributed by atoms with E-state index in [-0.39, 0.29) is 5.03 Å². The third-order valence-corrected chi connectivity index (χ3v) is 2.04. The summed E-state index contributed by atoms with van der Waals surface area (Å²) in [5.74, 6) is 0.411. The predicted molar refractivity (Wildman–Crippen MR) is 42.2 cm³/mol. The molecule has 0 aliphatic heterocycles. The molecule has 0 atom stereocenters. The third kappa shape index (κ3) is 1.93. The second-order valence-corrected chi connectivity index (χ2v) is 3.59. The molecule has 66 valence electrons. The van der Waals surface area contributed by atoms with E-state index < -0.39 is 10.0 Å². The van der Waals surface area contributed by atoms with E-state index in [1.807, 2.05) is 0 Å². The fourth-order valence-electron chi connectivity index (χ4n) is 0.674. The summed E-state index contributed by atoms with van der Waals surface area (Å²) in [7, 11) is -2.29. The lowest BCUT2D eigenvalue weighted by Crippen LogP contribution is -2.13. The van der Waals surface area contributed by atoms with Crippen molar-refractivity contribution >= 4 is 10.0 Å². The van der Waals surface area contributed by atoms with Crippen LogP contribution in [0.5, 0.6) is 5.75 Å².